The molecule has 0 bridgehead atoms. The molecule has 0 aromatic heterocycles. The summed E-state index contributed by atoms with van der Waals surface area (Å²) in [5.74, 6) is -0.618. The highest BCUT2D eigenvalue weighted by Gasteiger charge is 2.16. The summed E-state index contributed by atoms with van der Waals surface area (Å²) in [4.78, 5) is 24.2. The average molecular weight is 689 g/mol. The molecule has 1 N–H and O–H groups in total. The summed E-state index contributed by atoms with van der Waals surface area (Å²) in [5.41, 5.74) is 0. The predicted octanol–water partition coefficient (Wildman–Crippen LogP) is 13.2. The number of aliphatic hydroxyl groups is 1. The molecule has 49 heavy (non-hydrogen) atoms. The predicted molar refractivity (Wildman–Crippen MR) is 210 cm³/mol. The van der Waals surface area contributed by atoms with E-state index in [0.717, 1.165) is 64.2 Å². The minimum absolute atomic E-state index is 0.0749. The van der Waals surface area contributed by atoms with Gasteiger partial charge >= 0.3 is 11.9 Å². The summed E-state index contributed by atoms with van der Waals surface area (Å²) in [6.07, 6.45) is 49.4. The van der Waals surface area contributed by atoms with E-state index < -0.39 is 6.10 Å². The summed E-state index contributed by atoms with van der Waals surface area (Å²) >= 11 is 0. The Hall–Kier alpha value is -1.88. The van der Waals surface area contributed by atoms with E-state index >= 15 is 0 Å². The molecular weight excluding hydrogens is 608 g/mol. The van der Waals surface area contributed by atoms with E-state index in [1.54, 1.807) is 0 Å². The first-order valence-electron chi connectivity index (χ1n) is 21.0. The van der Waals surface area contributed by atoms with Crippen molar-refractivity contribution < 1.29 is 24.2 Å². The molecule has 0 amide bonds. The Kier molecular flexibility index (Phi) is 39.0. The number of carbonyl (C=O) groups excluding carboxylic acids is 2. The number of hydrogen-bond acceptors (Lipinski definition) is 5. The average Bonchev–Trinajstić information content (AvgIpc) is 3.10. The molecule has 1 unspecified atom stereocenters. The molecule has 0 saturated carbocycles. The summed E-state index contributed by atoms with van der Waals surface area (Å²) in [6.45, 7) is 4.01. The lowest BCUT2D eigenvalue weighted by molar-refractivity contribution is -0.161. The number of rotatable bonds is 38. The van der Waals surface area contributed by atoms with Gasteiger partial charge in [-0.25, -0.2) is 0 Å². The van der Waals surface area contributed by atoms with Crippen LogP contribution >= 0.6 is 0 Å². The standard InChI is InChI=1S/C44H80O5/c1-3-5-7-9-11-13-15-17-18-19-20-21-22-23-24-25-27-28-30-32-34-36-38-43(46)48-41-42(40-45)49-44(47)39-37-35-33-31-29-26-16-14-12-10-8-6-4-2/h6,8,12,14,26,29,42,45H,3-5,7,9-11,13,15-25,27-28,30-41H2,1-2H3/b8-6-,14-12-,29-26-. The van der Waals surface area contributed by atoms with E-state index in [1.165, 1.54) is 122 Å². The molecule has 0 spiro atoms. The number of esters is 2. The first-order valence-corrected chi connectivity index (χ1v) is 21.0. The molecule has 0 aromatic carbocycles. The van der Waals surface area contributed by atoms with Gasteiger partial charge in [-0.05, 0) is 44.9 Å². The highest BCUT2D eigenvalue weighted by molar-refractivity contribution is 5.70. The van der Waals surface area contributed by atoms with Crippen molar-refractivity contribution in [2.45, 2.75) is 219 Å². The summed E-state index contributed by atoms with van der Waals surface area (Å²) in [6, 6.07) is 0. The topological polar surface area (TPSA) is 72.8 Å². The molecular formula is C44H80O5. The number of carbonyl (C=O) groups is 2. The minimum atomic E-state index is -0.783. The molecule has 0 fully saturated rings. The van der Waals surface area contributed by atoms with Crippen LogP contribution in [0.2, 0.25) is 0 Å². The number of unbranched alkanes of at least 4 members (excludes halogenated alkanes) is 24. The van der Waals surface area contributed by atoms with E-state index in [2.05, 4.69) is 50.3 Å². The molecule has 1 atom stereocenters. The Labute approximate surface area is 304 Å². The van der Waals surface area contributed by atoms with Crippen LogP contribution in [0.15, 0.2) is 36.5 Å². The molecule has 0 aliphatic rings. The number of ether oxygens (including phenoxy) is 2. The minimum Gasteiger partial charge on any atom is -0.462 e. The maximum absolute atomic E-state index is 12.1. The third kappa shape index (κ3) is 38.8. The lowest BCUT2D eigenvalue weighted by Gasteiger charge is -2.15. The van der Waals surface area contributed by atoms with Gasteiger partial charge in [-0.3, -0.25) is 9.59 Å². The maximum atomic E-state index is 12.1. The largest absolute Gasteiger partial charge is 0.462 e. The normalized spacial score (nSPS) is 12.5. The van der Waals surface area contributed by atoms with Crippen LogP contribution < -0.4 is 0 Å². The smallest absolute Gasteiger partial charge is 0.306 e. The second-order valence-electron chi connectivity index (χ2n) is 14.0. The van der Waals surface area contributed by atoms with Crippen LogP contribution in [0.25, 0.3) is 0 Å². The van der Waals surface area contributed by atoms with Crippen molar-refractivity contribution in [3.63, 3.8) is 0 Å². The van der Waals surface area contributed by atoms with E-state index in [-0.39, 0.29) is 25.2 Å². The van der Waals surface area contributed by atoms with E-state index in [0.29, 0.717) is 12.8 Å². The van der Waals surface area contributed by atoms with Crippen molar-refractivity contribution in [3.05, 3.63) is 36.5 Å². The van der Waals surface area contributed by atoms with Crippen LogP contribution in [-0.2, 0) is 19.1 Å². The molecule has 0 radical (unpaired) electrons. The first-order chi connectivity index (χ1) is 24.1. The quantitative estimate of drug-likeness (QED) is 0.0397. The van der Waals surface area contributed by atoms with Crippen LogP contribution in [0.4, 0.5) is 0 Å². The van der Waals surface area contributed by atoms with E-state index in [4.69, 9.17) is 9.47 Å². The highest BCUT2D eigenvalue weighted by atomic mass is 16.6. The Morgan fingerprint density at radius 3 is 1.33 bits per heavy atom. The Balaban J connectivity index is 3.50. The molecule has 0 saturated heterocycles. The van der Waals surface area contributed by atoms with Crippen molar-refractivity contribution in [1.29, 1.82) is 0 Å². The maximum Gasteiger partial charge on any atom is 0.306 e. The number of allylic oxidation sites excluding steroid dienone is 6. The Morgan fingerprint density at radius 2 is 0.878 bits per heavy atom. The summed E-state index contributed by atoms with van der Waals surface area (Å²) in [5, 5.41) is 9.55. The van der Waals surface area contributed by atoms with Gasteiger partial charge in [-0.15, -0.1) is 0 Å². The lowest BCUT2D eigenvalue weighted by atomic mass is 10.0. The van der Waals surface area contributed by atoms with E-state index in [9.17, 15) is 14.7 Å². The molecule has 0 aliphatic heterocycles. The van der Waals surface area contributed by atoms with Gasteiger partial charge in [0.15, 0.2) is 6.10 Å². The van der Waals surface area contributed by atoms with Gasteiger partial charge in [0.1, 0.15) is 6.61 Å². The summed E-state index contributed by atoms with van der Waals surface area (Å²) in [7, 11) is 0. The Bertz CT molecular complexity index is 786. The fourth-order valence-corrected chi connectivity index (χ4v) is 6.04. The van der Waals surface area contributed by atoms with Crippen molar-refractivity contribution in [1.82, 2.24) is 0 Å². The fourth-order valence-electron chi connectivity index (χ4n) is 6.04. The second-order valence-corrected chi connectivity index (χ2v) is 14.0. The zero-order chi connectivity index (χ0) is 35.7. The van der Waals surface area contributed by atoms with Crippen molar-refractivity contribution in [3.8, 4) is 0 Å². The molecule has 0 aliphatic carbocycles. The van der Waals surface area contributed by atoms with Gasteiger partial charge in [0.2, 0.25) is 0 Å². The van der Waals surface area contributed by atoms with Crippen LogP contribution in [0, 0.1) is 0 Å². The molecule has 5 heteroatoms. The molecule has 0 rings (SSSR count). The Morgan fingerprint density at radius 1 is 0.490 bits per heavy atom. The zero-order valence-electron chi connectivity index (χ0n) is 32.5. The van der Waals surface area contributed by atoms with Crippen molar-refractivity contribution in [2.24, 2.45) is 0 Å². The van der Waals surface area contributed by atoms with Gasteiger partial charge in [-0.1, -0.05) is 192 Å². The number of hydrogen-bond donors (Lipinski definition) is 1. The summed E-state index contributed by atoms with van der Waals surface area (Å²) < 4.78 is 10.6. The third-order valence-electron chi connectivity index (χ3n) is 9.20. The second kappa shape index (κ2) is 40.5. The monoisotopic (exact) mass is 689 g/mol. The molecule has 5 nitrogen and oxygen atoms in total. The van der Waals surface area contributed by atoms with E-state index in [1.807, 2.05) is 0 Å². The van der Waals surface area contributed by atoms with Crippen LogP contribution in [0.1, 0.15) is 213 Å². The van der Waals surface area contributed by atoms with Crippen molar-refractivity contribution >= 4 is 11.9 Å². The SMILES string of the molecule is CC/C=C\C/C=C\C/C=C\CCCCCC(=O)OC(CO)COC(=O)CCCCCCCCCCCCCCCCCCCCCCCC. The molecule has 0 heterocycles. The van der Waals surface area contributed by atoms with Gasteiger partial charge in [-0.2, -0.15) is 0 Å². The zero-order valence-corrected chi connectivity index (χ0v) is 32.5. The van der Waals surface area contributed by atoms with Crippen LogP contribution in [0.3, 0.4) is 0 Å². The molecule has 0 aromatic rings. The molecule has 286 valence electrons. The fraction of sp³-hybridized carbons (Fsp3) is 0.818. The first kappa shape index (κ1) is 47.1. The van der Waals surface area contributed by atoms with Crippen LogP contribution in [0.5, 0.6) is 0 Å². The van der Waals surface area contributed by atoms with Crippen molar-refractivity contribution in [2.75, 3.05) is 13.2 Å². The highest BCUT2D eigenvalue weighted by Crippen LogP contribution is 2.16. The van der Waals surface area contributed by atoms with Gasteiger partial charge in [0.25, 0.3) is 0 Å². The third-order valence-corrected chi connectivity index (χ3v) is 9.20. The van der Waals surface area contributed by atoms with Gasteiger partial charge in [0.05, 0.1) is 6.61 Å². The van der Waals surface area contributed by atoms with Gasteiger partial charge in [0, 0.05) is 12.8 Å². The van der Waals surface area contributed by atoms with Gasteiger partial charge < -0.3 is 14.6 Å². The van der Waals surface area contributed by atoms with Crippen LogP contribution in [-0.4, -0.2) is 36.4 Å². The lowest BCUT2D eigenvalue weighted by Crippen LogP contribution is -2.28. The number of aliphatic hydroxyl groups excluding tert-OH is 1.